The summed E-state index contributed by atoms with van der Waals surface area (Å²) in [4.78, 5) is 0. The highest BCUT2D eigenvalue weighted by Gasteiger charge is 2.23. The molecule has 18 heavy (non-hydrogen) atoms. The van der Waals surface area contributed by atoms with E-state index in [4.69, 9.17) is 19.5 Å². The Hall–Kier alpha value is -2.15. The number of rotatable bonds is 3. The van der Waals surface area contributed by atoms with Gasteiger partial charge in [0.1, 0.15) is 0 Å². The summed E-state index contributed by atoms with van der Waals surface area (Å²) in [7, 11) is 4.75. The normalized spacial score (nSPS) is 13.1. The minimum Gasteiger partial charge on any atom is -0.493 e. The first-order chi connectivity index (χ1) is 8.76. The SMILES string of the molecule is COc1cc2c(c(OC)c1OC)CCC=C2C#N. The van der Waals surface area contributed by atoms with E-state index in [-0.39, 0.29) is 0 Å². The summed E-state index contributed by atoms with van der Waals surface area (Å²) in [6.07, 6.45) is 3.61. The van der Waals surface area contributed by atoms with Gasteiger partial charge in [-0.1, -0.05) is 6.08 Å². The van der Waals surface area contributed by atoms with E-state index < -0.39 is 0 Å². The first-order valence-corrected chi connectivity index (χ1v) is 5.69. The lowest BCUT2D eigenvalue weighted by Crippen LogP contribution is -2.05. The Bertz CT molecular complexity index is 541. The van der Waals surface area contributed by atoms with E-state index in [0.29, 0.717) is 22.8 Å². The van der Waals surface area contributed by atoms with Crippen molar-refractivity contribution < 1.29 is 14.2 Å². The smallest absolute Gasteiger partial charge is 0.203 e. The van der Waals surface area contributed by atoms with Crippen LogP contribution in [0.1, 0.15) is 17.5 Å². The summed E-state index contributed by atoms with van der Waals surface area (Å²) >= 11 is 0. The van der Waals surface area contributed by atoms with Crippen molar-refractivity contribution in [3.05, 3.63) is 23.3 Å². The Morgan fingerprint density at radius 3 is 2.39 bits per heavy atom. The molecule has 0 spiro atoms. The topological polar surface area (TPSA) is 51.5 Å². The van der Waals surface area contributed by atoms with E-state index in [2.05, 4.69) is 6.07 Å². The zero-order valence-electron chi connectivity index (χ0n) is 10.7. The van der Waals surface area contributed by atoms with Crippen molar-refractivity contribution in [2.45, 2.75) is 12.8 Å². The quantitative estimate of drug-likeness (QED) is 0.821. The van der Waals surface area contributed by atoms with Gasteiger partial charge in [-0.15, -0.1) is 0 Å². The van der Waals surface area contributed by atoms with Gasteiger partial charge in [0.15, 0.2) is 11.5 Å². The second-order valence-corrected chi connectivity index (χ2v) is 3.94. The molecule has 0 aromatic heterocycles. The number of ether oxygens (including phenoxy) is 3. The molecular weight excluding hydrogens is 230 g/mol. The average Bonchev–Trinajstić information content (AvgIpc) is 2.44. The van der Waals surface area contributed by atoms with Gasteiger partial charge in [-0.3, -0.25) is 0 Å². The molecule has 0 saturated carbocycles. The van der Waals surface area contributed by atoms with Crippen molar-refractivity contribution >= 4 is 5.57 Å². The maximum atomic E-state index is 9.16. The maximum Gasteiger partial charge on any atom is 0.203 e. The Balaban J connectivity index is 2.73. The summed E-state index contributed by atoms with van der Waals surface area (Å²) in [5.74, 6) is 1.82. The molecule has 1 aliphatic carbocycles. The average molecular weight is 245 g/mol. The van der Waals surface area contributed by atoms with Crippen LogP contribution in [0, 0.1) is 11.3 Å². The molecule has 0 unspecified atom stereocenters. The van der Waals surface area contributed by atoms with E-state index in [1.54, 1.807) is 21.3 Å². The van der Waals surface area contributed by atoms with Crippen LogP contribution < -0.4 is 14.2 Å². The molecule has 0 saturated heterocycles. The highest BCUT2D eigenvalue weighted by molar-refractivity contribution is 5.83. The first-order valence-electron chi connectivity index (χ1n) is 5.69. The molecule has 0 aliphatic heterocycles. The molecule has 0 bridgehead atoms. The van der Waals surface area contributed by atoms with Crippen LogP contribution in [0.2, 0.25) is 0 Å². The molecule has 1 aromatic rings. The van der Waals surface area contributed by atoms with Gasteiger partial charge >= 0.3 is 0 Å². The van der Waals surface area contributed by atoms with Crippen LogP contribution in [0.25, 0.3) is 5.57 Å². The number of hydrogen-bond donors (Lipinski definition) is 0. The van der Waals surface area contributed by atoms with Crippen molar-refractivity contribution in [1.82, 2.24) is 0 Å². The van der Waals surface area contributed by atoms with Crippen LogP contribution in [0.15, 0.2) is 12.1 Å². The minimum absolute atomic E-state index is 0.580. The first kappa shape index (κ1) is 12.3. The summed E-state index contributed by atoms with van der Waals surface area (Å²) in [6.45, 7) is 0. The number of benzene rings is 1. The fourth-order valence-corrected chi connectivity index (χ4v) is 2.28. The van der Waals surface area contributed by atoms with Crippen molar-refractivity contribution in [2.75, 3.05) is 21.3 Å². The Kier molecular flexibility index (Phi) is 3.42. The lowest BCUT2D eigenvalue weighted by Gasteiger charge is -2.21. The molecule has 4 heteroatoms. The Morgan fingerprint density at radius 1 is 1.11 bits per heavy atom. The summed E-state index contributed by atoms with van der Waals surface area (Å²) < 4.78 is 16.1. The van der Waals surface area contributed by atoms with Gasteiger partial charge in [0.2, 0.25) is 5.75 Å². The molecule has 0 amide bonds. The third-order valence-corrected chi connectivity index (χ3v) is 3.09. The summed E-state index contributed by atoms with van der Waals surface area (Å²) in [5, 5.41) is 9.16. The number of fused-ring (bicyclic) bond motifs is 1. The third kappa shape index (κ3) is 1.78. The molecule has 0 N–H and O–H groups in total. The van der Waals surface area contributed by atoms with Crippen LogP contribution in [0.4, 0.5) is 0 Å². The minimum atomic E-state index is 0.580. The summed E-state index contributed by atoms with van der Waals surface area (Å²) in [5.41, 5.74) is 2.54. The van der Waals surface area contributed by atoms with Gasteiger partial charge in [-0.25, -0.2) is 0 Å². The lowest BCUT2D eigenvalue weighted by molar-refractivity contribution is 0.322. The van der Waals surface area contributed by atoms with Gasteiger partial charge in [-0.05, 0) is 18.9 Å². The molecule has 94 valence electrons. The number of nitriles is 1. The number of nitrogens with zero attached hydrogens (tertiary/aromatic N) is 1. The fraction of sp³-hybridized carbons (Fsp3) is 0.357. The van der Waals surface area contributed by atoms with Crippen molar-refractivity contribution in [3.8, 4) is 23.3 Å². The van der Waals surface area contributed by atoms with E-state index in [0.717, 1.165) is 24.0 Å². The highest BCUT2D eigenvalue weighted by Crippen LogP contribution is 2.45. The fourth-order valence-electron chi connectivity index (χ4n) is 2.28. The molecular formula is C14H15NO3. The predicted octanol–water partition coefficient (Wildman–Crippen LogP) is 2.57. The van der Waals surface area contributed by atoms with Crippen molar-refractivity contribution in [1.29, 1.82) is 5.26 Å². The van der Waals surface area contributed by atoms with E-state index >= 15 is 0 Å². The van der Waals surface area contributed by atoms with Gasteiger partial charge in [0.05, 0.1) is 33.0 Å². The third-order valence-electron chi connectivity index (χ3n) is 3.09. The largest absolute Gasteiger partial charge is 0.493 e. The molecule has 0 fully saturated rings. The van der Waals surface area contributed by atoms with Gasteiger partial charge in [0, 0.05) is 11.1 Å². The number of hydrogen-bond acceptors (Lipinski definition) is 4. The maximum absolute atomic E-state index is 9.16. The second-order valence-electron chi connectivity index (χ2n) is 3.94. The predicted molar refractivity (Wildman–Crippen MR) is 68.0 cm³/mol. The molecule has 1 aliphatic rings. The van der Waals surface area contributed by atoms with Crippen LogP contribution in [0.5, 0.6) is 17.2 Å². The monoisotopic (exact) mass is 245 g/mol. The zero-order valence-corrected chi connectivity index (χ0v) is 10.7. The molecule has 1 aromatic carbocycles. The Labute approximate surface area is 106 Å². The van der Waals surface area contributed by atoms with E-state index in [1.807, 2.05) is 12.1 Å². The lowest BCUT2D eigenvalue weighted by atomic mass is 9.90. The van der Waals surface area contributed by atoms with Crippen LogP contribution in [-0.4, -0.2) is 21.3 Å². The molecule has 4 nitrogen and oxygen atoms in total. The van der Waals surface area contributed by atoms with E-state index in [1.165, 1.54) is 0 Å². The number of allylic oxidation sites excluding steroid dienone is 2. The zero-order chi connectivity index (χ0) is 13.1. The van der Waals surface area contributed by atoms with Crippen molar-refractivity contribution in [2.24, 2.45) is 0 Å². The second kappa shape index (κ2) is 5.01. The molecule has 2 rings (SSSR count). The summed E-state index contributed by atoms with van der Waals surface area (Å²) in [6, 6.07) is 4.05. The van der Waals surface area contributed by atoms with E-state index in [9.17, 15) is 0 Å². The van der Waals surface area contributed by atoms with Crippen molar-refractivity contribution in [3.63, 3.8) is 0 Å². The molecule has 0 atom stereocenters. The Morgan fingerprint density at radius 2 is 1.83 bits per heavy atom. The van der Waals surface area contributed by atoms with Gasteiger partial charge in [0.25, 0.3) is 0 Å². The van der Waals surface area contributed by atoms with Gasteiger partial charge in [-0.2, -0.15) is 5.26 Å². The van der Waals surface area contributed by atoms with Crippen LogP contribution >= 0.6 is 0 Å². The number of methoxy groups -OCH3 is 3. The van der Waals surface area contributed by atoms with Crippen LogP contribution in [-0.2, 0) is 6.42 Å². The molecule has 0 heterocycles. The highest BCUT2D eigenvalue weighted by atomic mass is 16.5. The van der Waals surface area contributed by atoms with Gasteiger partial charge < -0.3 is 14.2 Å². The van der Waals surface area contributed by atoms with Crippen LogP contribution in [0.3, 0.4) is 0 Å². The molecule has 0 radical (unpaired) electrons. The standard InChI is InChI=1S/C14H15NO3/c1-16-12-7-11-9(8-15)5-4-6-10(11)13(17-2)14(12)18-3/h5,7H,4,6H2,1-3H3.